The van der Waals surface area contributed by atoms with Crippen molar-refractivity contribution < 1.29 is 0 Å². The zero-order valence-corrected chi connectivity index (χ0v) is 18.2. The summed E-state index contributed by atoms with van der Waals surface area (Å²) in [5.41, 5.74) is 4.30. The van der Waals surface area contributed by atoms with Crippen LogP contribution in [-0.4, -0.2) is 24.1 Å². The van der Waals surface area contributed by atoms with Gasteiger partial charge in [0.2, 0.25) is 0 Å². The van der Waals surface area contributed by atoms with E-state index in [1.807, 2.05) is 60.0 Å². The van der Waals surface area contributed by atoms with Gasteiger partial charge in [0.15, 0.2) is 11.3 Å². The fourth-order valence-electron chi connectivity index (χ4n) is 4.01. The lowest BCUT2D eigenvalue weighted by Gasteiger charge is -2.11. The molecular weight excluding hydrogens is 410 g/mol. The van der Waals surface area contributed by atoms with Gasteiger partial charge in [-0.3, -0.25) is 9.36 Å². The Morgan fingerprint density at radius 3 is 2.35 bits per heavy atom. The van der Waals surface area contributed by atoms with E-state index in [1.54, 1.807) is 4.57 Å². The van der Waals surface area contributed by atoms with Gasteiger partial charge in [0.1, 0.15) is 16.7 Å². The maximum absolute atomic E-state index is 13.7. The summed E-state index contributed by atoms with van der Waals surface area (Å²) in [6, 6.07) is 15.3. The van der Waals surface area contributed by atoms with Crippen LogP contribution in [0.4, 0.5) is 0 Å². The fourth-order valence-corrected chi connectivity index (χ4v) is 4.20. The van der Waals surface area contributed by atoms with Crippen molar-refractivity contribution >= 4 is 44.8 Å². The number of rotatable bonds is 5. The minimum atomic E-state index is -0.118. The highest BCUT2D eigenvalue weighted by Gasteiger charge is 2.21. The van der Waals surface area contributed by atoms with Gasteiger partial charge in [-0.25, -0.2) is 15.0 Å². The number of benzene rings is 2. The molecule has 3 heterocycles. The van der Waals surface area contributed by atoms with Crippen LogP contribution in [0.15, 0.2) is 53.3 Å². The summed E-state index contributed by atoms with van der Waals surface area (Å²) in [6.45, 7) is 5.10. The SMILES string of the molecule is CCCCn1c2nc3ccccc3nc2c2c(=O)n(Cc3ccccc3Cl)c(C)nc21. The van der Waals surface area contributed by atoms with Crippen LogP contribution in [0.5, 0.6) is 0 Å². The van der Waals surface area contributed by atoms with Crippen LogP contribution in [0.2, 0.25) is 5.02 Å². The molecule has 3 aromatic heterocycles. The second kappa shape index (κ2) is 7.78. The first-order valence-electron chi connectivity index (χ1n) is 10.5. The number of halogens is 1. The Morgan fingerprint density at radius 2 is 1.61 bits per heavy atom. The van der Waals surface area contributed by atoms with Crippen LogP contribution in [0.25, 0.3) is 33.2 Å². The number of unbranched alkanes of at least 4 members (excludes halogenated alkanes) is 1. The van der Waals surface area contributed by atoms with E-state index in [0.717, 1.165) is 36.0 Å². The third-order valence-corrected chi connectivity index (χ3v) is 6.03. The minimum Gasteiger partial charge on any atom is -0.308 e. The first kappa shape index (κ1) is 19.7. The standard InChI is InChI=1S/C24H22ClN5O/c1-3-4-13-29-22-20(21-23(29)28-19-12-8-7-11-18(19)27-21)24(31)30(15(2)26-22)14-16-9-5-6-10-17(16)25/h5-12H,3-4,13-14H2,1-2H3. The van der Waals surface area contributed by atoms with Crippen molar-refractivity contribution in [1.82, 2.24) is 24.1 Å². The van der Waals surface area contributed by atoms with Gasteiger partial charge in [-0.05, 0) is 37.1 Å². The van der Waals surface area contributed by atoms with Crippen LogP contribution in [0, 0.1) is 6.92 Å². The number of fused-ring (bicyclic) bond motifs is 4. The highest BCUT2D eigenvalue weighted by molar-refractivity contribution is 6.31. The zero-order valence-electron chi connectivity index (χ0n) is 17.5. The molecule has 2 aromatic carbocycles. The smallest absolute Gasteiger partial charge is 0.265 e. The van der Waals surface area contributed by atoms with Crippen molar-refractivity contribution in [2.24, 2.45) is 0 Å². The quantitative estimate of drug-likeness (QED) is 0.388. The zero-order chi connectivity index (χ0) is 21.5. The number of aromatic nitrogens is 5. The average molecular weight is 432 g/mol. The second-order valence-electron chi connectivity index (χ2n) is 7.73. The number of hydrogen-bond donors (Lipinski definition) is 0. The molecular formula is C24H22ClN5O. The Labute approximate surface area is 184 Å². The molecule has 0 atom stereocenters. The van der Waals surface area contributed by atoms with Crippen molar-refractivity contribution in [3.63, 3.8) is 0 Å². The Balaban J connectivity index is 1.83. The Morgan fingerprint density at radius 1 is 0.903 bits per heavy atom. The maximum Gasteiger partial charge on any atom is 0.265 e. The molecule has 0 aliphatic rings. The Hall–Kier alpha value is -3.25. The van der Waals surface area contributed by atoms with E-state index in [0.29, 0.717) is 39.6 Å². The van der Waals surface area contributed by atoms with Gasteiger partial charge in [0, 0.05) is 11.6 Å². The van der Waals surface area contributed by atoms with Crippen molar-refractivity contribution in [2.45, 2.75) is 39.8 Å². The predicted octanol–water partition coefficient (Wildman–Crippen LogP) is 5.10. The molecule has 0 aliphatic carbocycles. The molecule has 0 N–H and O–H groups in total. The Bertz CT molecular complexity index is 1500. The van der Waals surface area contributed by atoms with E-state index < -0.39 is 0 Å². The second-order valence-corrected chi connectivity index (χ2v) is 8.14. The molecule has 0 unspecified atom stereocenters. The van der Waals surface area contributed by atoms with Gasteiger partial charge in [-0.1, -0.05) is 55.3 Å². The molecule has 0 aliphatic heterocycles. The Kier molecular flexibility index (Phi) is 4.94. The van der Waals surface area contributed by atoms with Crippen molar-refractivity contribution in [2.75, 3.05) is 0 Å². The van der Waals surface area contributed by atoms with E-state index in [-0.39, 0.29) is 5.56 Å². The van der Waals surface area contributed by atoms with Crippen molar-refractivity contribution in [1.29, 1.82) is 0 Å². The molecule has 0 fully saturated rings. The monoisotopic (exact) mass is 431 g/mol. The molecule has 5 rings (SSSR count). The van der Waals surface area contributed by atoms with Crippen LogP contribution in [0.3, 0.4) is 0 Å². The fraction of sp³-hybridized carbons (Fsp3) is 0.250. The molecule has 0 radical (unpaired) electrons. The number of aryl methyl sites for hydroxylation is 2. The molecule has 6 nitrogen and oxygen atoms in total. The van der Waals surface area contributed by atoms with Crippen LogP contribution >= 0.6 is 11.6 Å². The third kappa shape index (κ3) is 3.27. The van der Waals surface area contributed by atoms with Gasteiger partial charge in [0.05, 0.1) is 17.6 Å². The summed E-state index contributed by atoms with van der Waals surface area (Å²) in [5, 5.41) is 1.15. The summed E-state index contributed by atoms with van der Waals surface area (Å²) >= 11 is 6.36. The maximum atomic E-state index is 13.7. The summed E-state index contributed by atoms with van der Waals surface area (Å²) in [4.78, 5) is 28.2. The van der Waals surface area contributed by atoms with E-state index >= 15 is 0 Å². The molecule has 31 heavy (non-hydrogen) atoms. The number of para-hydroxylation sites is 2. The summed E-state index contributed by atoms with van der Waals surface area (Å²) in [5.74, 6) is 0.641. The normalized spacial score (nSPS) is 11.7. The van der Waals surface area contributed by atoms with Gasteiger partial charge < -0.3 is 4.57 Å². The molecule has 7 heteroatoms. The number of nitrogens with zero attached hydrogens (tertiary/aromatic N) is 5. The van der Waals surface area contributed by atoms with E-state index in [4.69, 9.17) is 26.6 Å². The summed E-state index contributed by atoms with van der Waals surface area (Å²) < 4.78 is 3.71. The number of hydrogen-bond acceptors (Lipinski definition) is 4. The van der Waals surface area contributed by atoms with Crippen LogP contribution in [0.1, 0.15) is 31.2 Å². The van der Waals surface area contributed by atoms with Gasteiger partial charge in [0.25, 0.3) is 5.56 Å². The van der Waals surface area contributed by atoms with Gasteiger partial charge in [-0.15, -0.1) is 0 Å². The molecule has 0 saturated heterocycles. The molecule has 156 valence electrons. The predicted molar refractivity (Wildman–Crippen MR) is 125 cm³/mol. The summed E-state index contributed by atoms with van der Waals surface area (Å²) in [7, 11) is 0. The van der Waals surface area contributed by atoms with E-state index in [1.165, 1.54) is 0 Å². The summed E-state index contributed by atoms with van der Waals surface area (Å²) in [6.07, 6.45) is 2.00. The van der Waals surface area contributed by atoms with Gasteiger partial charge in [-0.2, -0.15) is 0 Å². The minimum absolute atomic E-state index is 0.118. The molecule has 0 amide bonds. The van der Waals surface area contributed by atoms with Crippen LogP contribution < -0.4 is 5.56 Å². The first-order chi connectivity index (χ1) is 15.1. The highest BCUT2D eigenvalue weighted by atomic mass is 35.5. The lowest BCUT2D eigenvalue weighted by atomic mass is 10.2. The molecule has 0 bridgehead atoms. The molecule has 0 spiro atoms. The van der Waals surface area contributed by atoms with Gasteiger partial charge >= 0.3 is 0 Å². The average Bonchev–Trinajstić information content (AvgIpc) is 3.06. The molecule has 0 saturated carbocycles. The van der Waals surface area contributed by atoms with Crippen molar-refractivity contribution in [3.8, 4) is 0 Å². The third-order valence-electron chi connectivity index (χ3n) is 5.66. The highest BCUT2D eigenvalue weighted by Crippen LogP contribution is 2.26. The van der Waals surface area contributed by atoms with E-state index in [9.17, 15) is 4.79 Å². The van der Waals surface area contributed by atoms with Crippen molar-refractivity contribution in [3.05, 3.63) is 75.3 Å². The largest absolute Gasteiger partial charge is 0.308 e. The lowest BCUT2D eigenvalue weighted by molar-refractivity contribution is 0.650. The lowest BCUT2D eigenvalue weighted by Crippen LogP contribution is -2.25. The van der Waals surface area contributed by atoms with E-state index in [2.05, 4.69) is 6.92 Å². The van der Waals surface area contributed by atoms with Crippen LogP contribution in [-0.2, 0) is 13.1 Å². The molecule has 5 aromatic rings. The topological polar surface area (TPSA) is 65.6 Å². The first-order valence-corrected chi connectivity index (χ1v) is 10.9.